The van der Waals surface area contributed by atoms with E-state index in [0.29, 0.717) is 6.04 Å². The van der Waals surface area contributed by atoms with Crippen molar-refractivity contribution in [1.29, 1.82) is 0 Å². The van der Waals surface area contributed by atoms with Crippen LogP contribution < -0.4 is 5.32 Å². The number of para-hydroxylation sites is 1. The van der Waals surface area contributed by atoms with Crippen molar-refractivity contribution in [3.8, 4) is 0 Å². The Bertz CT molecular complexity index is 642. The van der Waals surface area contributed by atoms with E-state index in [2.05, 4.69) is 41.9 Å². The van der Waals surface area contributed by atoms with E-state index in [0.717, 1.165) is 18.5 Å². The fourth-order valence-electron chi connectivity index (χ4n) is 2.34. The van der Waals surface area contributed by atoms with Crippen LogP contribution in [-0.2, 0) is 6.54 Å². The van der Waals surface area contributed by atoms with Gasteiger partial charge in [0.05, 0.1) is 6.26 Å². The molecule has 1 atom stereocenters. The zero-order valence-electron chi connectivity index (χ0n) is 10.9. The molecule has 0 saturated heterocycles. The third kappa shape index (κ3) is 2.57. The monoisotopic (exact) mass is 271 g/mol. The van der Waals surface area contributed by atoms with Crippen LogP contribution >= 0.6 is 11.3 Å². The fraction of sp³-hybridized carbons (Fsp3) is 0.250. The molecule has 2 aromatic heterocycles. The van der Waals surface area contributed by atoms with Gasteiger partial charge >= 0.3 is 0 Å². The lowest BCUT2D eigenvalue weighted by atomic mass is 10.1. The van der Waals surface area contributed by atoms with Crippen molar-refractivity contribution in [2.45, 2.75) is 25.9 Å². The maximum Gasteiger partial charge on any atom is 0.134 e. The van der Waals surface area contributed by atoms with E-state index >= 15 is 0 Å². The molecular weight excluding hydrogens is 254 g/mol. The van der Waals surface area contributed by atoms with Crippen LogP contribution in [0.1, 0.15) is 29.8 Å². The summed E-state index contributed by atoms with van der Waals surface area (Å²) in [6.07, 6.45) is 2.95. The van der Waals surface area contributed by atoms with Crippen LogP contribution in [-0.4, -0.2) is 0 Å². The Morgan fingerprint density at radius 2 is 2.11 bits per heavy atom. The molecule has 0 fully saturated rings. The van der Waals surface area contributed by atoms with E-state index in [1.54, 1.807) is 0 Å². The average molecular weight is 271 g/mol. The summed E-state index contributed by atoms with van der Waals surface area (Å²) < 4.78 is 5.57. The van der Waals surface area contributed by atoms with E-state index in [9.17, 15) is 0 Å². The molecule has 3 heteroatoms. The Labute approximate surface area is 117 Å². The largest absolute Gasteiger partial charge is 0.464 e. The van der Waals surface area contributed by atoms with Gasteiger partial charge < -0.3 is 9.73 Å². The molecule has 3 aromatic rings. The Morgan fingerprint density at radius 1 is 1.21 bits per heavy atom. The molecule has 1 N–H and O–H groups in total. The highest BCUT2D eigenvalue weighted by atomic mass is 32.1. The molecule has 3 rings (SSSR count). The van der Waals surface area contributed by atoms with Gasteiger partial charge in [-0.25, -0.2) is 0 Å². The summed E-state index contributed by atoms with van der Waals surface area (Å²) in [5.41, 5.74) is 2.19. The van der Waals surface area contributed by atoms with Crippen LogP contribution in [0, 0.1) is 0 Å². The smallest absolute Gasteiger partial charge is 0.134 e. The number of furan rings is 1. The van der Waals surface area contributed by atoms with Crippen molar-refractivity contribution in [2.24, 2.45) is 0 Å². The Balaban J connectivity index is 1.75. The molecule has 98 valence electrons. The molecule has 0 aliphatic heterocycles. The predicted octanol–water partition coefficient (Wildman–Crippen LogP) is 4.74. The first-order valence-corrected chi connectivity index (χ1v) is 7.48. The third-order valence-corrected chi connectivity index (χ3v) is 4.38. The maximum absolute atomic E-state index is 5.57. The lowest BCUT2D eigenvalue weighted by Crippen LogP contribution is -2.19. The third-order valence-electron chi connectivity index (χ3n) is 3.39. The van der Waals surface area contributed by atoms with Crippen LogP contribution in [0.3, 0.4) is 0 Å². The standard InChI is InChI=1S/C16H17NOS/c1-2-14(16-8-5-9-19-16)17-10-12-11-18-15-7-4-3-6-13(12)15/h3-9,11,14,17H,2,10H2,1H3. The summed E-state index contributed by atoms with van der Waals surface area (Å²) in [6, 6.07) is 12.9. The second-order valence-corrected chi connectivity index (χ2v) is 5.59. The summed E-state index contributed by atoms with van der Waals surface area (Å²) in [6.45, 7) is 3.05. The second-order valence-electron chi connectivity index (χ2n) is 4.61. The summed E-state index contributed by atoms with van der Waals surface area (Å²) in [5.74, 6) is 0. The molecule has 0 radical (unpaired) electrons. The van der Waals surface area contributed by atoms with Crippen molar-refractivity contribution in [3.05, 3.63) is 58.5 Å². The van der Waals surface area contributed by atoms with Crippen LogP contribution in [0.2, 0.25) is 0 Å². The van der Waals surface area contributed by atoms with Gasteiger partial charge in [-0.3, -0.25) is 0 Å². The zero-order chi connectivity index (χ0) is 13.1. The Hall–Kier alpha value is -1.58. The molecule has 0 amide bonds. The first kappa shape index (κ1) is 12.5. The van der Waals surface area contributed by atoms with Crippen LogP contribution in [0.25, 0.3) is 11.0 Å². The fourth-order valence-corrected chi connectivity index (χ4v) is 3.22. The topological polar surface area (TPSA) is 25.2 Å². The number of hydrogen-bond acceptors (Lipinski definition) is 3. The normalized spacial score (nSPS) is 12.9. The van der Waals surface area contributed by atoms with Crippen molar-refractivity contribution in [2.75, 3.05) is 0 Å². The van der Waals surface area contributed by atoms with Crippen molar-refractivity contribution in [1.82, 2.24) is 5.32 Å². The van der Waals surface area contributed by atoms with E-state index in [-0.39, 0.29) is 0 Å². The molecule has 1 unspecified atom stereocenters. The predicted molar refractivity (Wildman–Crippen MR) is 80.4 cm³/mol. The van der Waals surface area contributed by atoms with Gasteiger partial charge in [0.15, 0.2) is 0 Å². The van der Waals surface area contributed by atoms with Gasteiger partial charge in [-0.05, 0) is 23.9 Å². The molecule has 0 aliphatic carbocycles. The number of rotatable bonds is 5. The van der Waals surface area contributed by atoms with Gasteiger partial charge in [-0.1, -0.05) is 31.2 Å². The zero-order valence-corrected chi connectivity index (χ0v) is 11.7. The first-order chi connectivity index (χ1) is 9.38. The van der Waals surface area contributed by atoms with Crippen molar-refractivity contribution >= 4 is 22.3 Å². The number of nitrogens with one attached hydrogen (secondary N) is 1. The van der Waals surface area contributed by atoms with Gasteiger partial charge in [0, 0.05) is 28.4 Å². The summed E-state index contributed by atoms with van der Waals surface area (Å²) in [4.78, 5) is 1.40. The van der Waals surface area contributed by atoms with Gasteiger partial charge in [-0.15, -0.1) is 11.3 Å². The van der Waals surface area contributed by atoms with E-state index in [1.165, 1.54) is 15.8 Å². The van der Waals surface area contributed by atoms with Gasteiger partial charge in [0.25, 0.3) is 0 Å². The molecule has 0 saturated carbocycles. The number of fused-ring (bicyclic) bond motifs is 1. The molecular formula is C16H17NOS. The molecule has 0 bridgehead atoms. The molecule has 0 aliphatic rings. The Kier molecular flexibility index (Phi) is 3.67. The summed E-state index contributed by atoms with van der Waals surface area (Å²) in [7, 11) is 0. The van der Waals surface area contributed by atoms with Crippen LogP contribution in [0.5, 0.6) is 0 Å². The highest BCUT2D eigenvalue weighted by Gasteiger charge is 2.11. The molecule has 19 heavy (non-hydrogen) atoms. The van der Waals surface area contributed by atoms with E-state index < -0.39 is 0 Å². The van der Waals surface area contributed by atoms with Gasteiger partial charge in [0.1, 0.15) is 5.58 Å². The average Bonchev–Trinajstić information content (AvgIpc) is 3.09. The van der Waals surface area contributed by atoms with Crippen molar-refractivity contribution in [3.63, 3.8) is 0 Å². The van der Waals surface area contributed by atoms with Gasteiger partial charge in [-0.2, -0.15) is 0 Å². The molecule has 2 heterocycles. The quantitative estimate of drug-likeness (QED) is 0.725. The van der Waals surface area contributed by atoms with E-state index in [1.807, 2.05) is 29.7 Å². The SMILES string of the molecule is CCC(NCc1coc2ccccc12)c1cccs1. The summed E-state index contributed by atoms with van der Waals surface area (Å²) in [5, 5.41) is 6.95. The lowest BCUT2D eigenvalue weighted by molar-refractivity contribution is 0.522. The minimum atomic E-state index is 0.425. The minimum absolute atomic E-state index is 0.425. The lowest BCUT2D eigenvalue weighted by Gasteiger charge is -2.14. The number of thiophene rings is 1. The number of benzene rings is 1. The Morgan fingerprint density at radius 3 is 2.89 bits per heavy atom. The van der Waals surface area contributed by atoms with Crippen LogP contribution in [0.4, 0.5) is 0 Å². The van der Waals surface area contributed by atoms with Gasteiger partial charge in [0.2, 0.25) is 0 Å². The minimum Gasteiger partial charge on any atom is -0.464 e. The first-order valence-electron chi connectivity index (χ1n) is 6.60. The number of hydrogen-bond donors (Lipinski definition) is 1. The molecule has 2 nitrogen and oxygen atoms in total. The summed E-state index contributed by atoms with van der Waals surface area (Å²) >= 11 is 1.81. The maximum atomic E-state index is 5.57. The molecule has 1 aromatic carbocycles. The molecule has 0 spiro atoms. The highest BCUT2D eigenvalue weighted by molar-refractivity contribution is 7.10. The van der Waals surface area contributed by atoms with E-state index in [4.69, 9.17) is 4.42 Å². The van der Waals surface area contributed by atoms with Crippen molar-refractivity contribution < 1.29 is 4.42 Å². The second kappa shape index (κ2) is 5.59. The van der Waals surface area contributed by atoms with Crippen LogP contribution in [0.15, 0.2) is 52.5 Å². The highest BCUT2D eigenvalue weighted by Crippen LogP contribution is 2.24.